The molecule has 7 heteroatoms. The van der Waals surface area contributed by atoms with Crippen molar-refractivity contribution in [1.29, 1.82) is 0 Å². The summed E-state index contributed by atoms with van der Waals surface area (Å²) in [7, 11) is 0. The molecule has 2 amide bonds. The quantitative estimate of drug-likeness (QED) is 0.400. The van der Waals surface area contributed by atoms with Gasteiger partial charge in [0.05, 0.1) is 17.1 Å². The molecule has 1 unspecified atom stereocenters. The van der Waals surface area contributed by atoms with Crippen LogP contribution in [0.25, 0.3) is 0 Å². The zero-order valence-corrected chi connectivity index (χ0v) is 23.2. The topological polar surface area (TPSA) is 52.7 Å². The van der Waals surface area contributed by atoms with Crippen molar-refractivity contribution < 1.29 is 14.0 Å². The molecule has 0 radical (unpaired) electrons. The standard InChI is InChI=1S/C31H33BrFN3O2/c1-22(37)34-31(24-8-6-9-25(33)21-24)15-19-35(20-16-31)17-14-29-26-10-3-2-7-23(26)13-18-36(29)30(38)27-11-4-5-12-28(27)32/h2-12,21,29H,13-20H2,1H3,(H,34,37). The number of fused-ring (bicyclic) bond motifs is 1. The van der Waals surface area contributed by atoms with Gasteiger partial charge in [-0.2, -0.15) is 0 Å². The first-order valence-corrected chi connectivity index (χ1v) is 14.1. The Labute approximate surface area is 232 Å². The number of hydrogen-bond donors (Lipinski definition) is 1. The van der Waals surface area contributed by atoms with Gasteiger partial charge >= 0.3 is 0 Å². The maximum absolute atomic E-state index is 14.0. The van der Waals surface area contributed by atoms with E-state index < -0.39 is 5.54 Å². The highest BCUT2D eigenvalue weighted by Crippen LogP contribution is 2.37. The molecule has 198 valence electrons. The van der Waals surface area contributed by atoms with E-state index in [0.717, 1.165) is 42.5 Å². The van der Waals surface area contributed by atoms with Gasteiger partial charge in [0, 0.05) is 37.6 Å². The van der Waals surface area contributed by atoms with Gasteiger partial charge in [-0.3, -0.25) is 9.59 Å². The lowest BCUT2D eigenvalue weighted by atomic mass is 9.80. The van der Waals surface area contributed by atoms with Crippen LogP contribution in [-0.4, -0.2) is 47.8 Å². The number of hydrogen-bond acceptors (Lipinski definition) is 3. The molecule has 0 aromatic heterocycles. The van der Waals surface area contributed by atoms with E-state index in [9.17, 15) is 14.0 Å². The van der Waals surface area contributed by atoms with E-state index in [1.54, 1.807) is 6.07 Å². The van der Waals surface area contributed by atoms with Gasteiger partial charge in [0.1, 0.15) is 5.82 Å². The lowest BCUT2D eigenvalue weighted by molar-refractivity contribution is -0.121. The summed E-state index contributed by atoms with van der Waals surface area (Å²) >= 11 is 3.56. The minimum atomic E-state index is -0.566. The van der Waals surface area contributed by atoms with Crippen LogP contribution in [0.3, 0.4) is 0 Å². The first-order chi connectivity index (χ1) is 18.4. The zero-order chi connectivity index (χ0) is 26.7. The lowest BCUT2D eigenvalue weighted by Gasteiger charge is -2.44. The van der Waals surface area contributed by atoms with E-state index in [1.807, 2.05) is 35.2 Å². The van der Waals surface area contributed by atoms with Crippen molar-refractivity contribution in [3.05, 3.63) is 105 Å². The second-order valence-corrected chi connectivity index (χ2v) is 11.2. The van der Waals surface area contributed by atoms with Crippen LogP contribution >= 0.6 is 15.9 Å². The fourth-order valence-corrected chi connectivity index (χ4v) is 6.52. The van der Waals surface area contributed by atoms with Crippen molar-refractivity contribution in [3.63, 3.8) is 0 Å². The molecule has 2 aliphatic heterocycles. The summed E-state index contributed by atoms with van der Waals surface area (Å²) in [5.41, 5.74) is 3.47. The maximum atomic E-state index is 14.0. The predicted molar refractivity (Wildman–Crippen MR) is 150 cm³/mol. The Balaban J connectivity index is 1.32. The highest BCUT2D eigenvalue weighted by molar-refractivity contribution is 9.10. The molecular weight excluding hydrogens is 545 g/mol. The maximum Gasteiger partial charge on any atom is 0.255 e. The summed E-state index contributed by atoms with van der Waals surface area (Å²) in [5.74, 6) is -0.352. The van der Waals surface area contributed by atoms with Crippen LogP contribution in [0.5, 0.6) is 0 Å². The Kier molecular flexibility index (Phi) is 7.96. The summed E-state index contributed by atoms with van der Waals surface area (Å²) in [5, 5.41) is 3.13. The molecule has 1 atom stereocenters. The van der Waals surface area contributed by atoms with Gasteiger partial charge in [0.25, 0.3) is 5.91 Å². The van der Waals surface area contributed by atoms with Crippen molar-refractivity contribution in [2.24, 2.45) is 0 Å². The van der Waals surface area contributed by atoms with E-state index in [0.29, 0.717) is 24.9 Å². The Morgan fingerprint density at radius 2 is 1.74 bits per heavy atom. The molecule has 3 aromatic carbocycles. The summed E-state index contributed by atoms with van der Waals surface area (Å²) in [4.78, 5) is 30.2. The van der Waals surface area contributed by atoms with Crippen molar-refractivity contribution in [2.45, 2.75) is 44.2 Å². The van der Waals surface area contributed by atoms with Gasteiger partial charge in [-0.25, -0.2) is 4.39 Å². The van der Waals surface area contributed by atoms with E-state index in [1.165, 1.54) is 30.2 Å². The number of carbonyl (C=O) groups is 2. The number of amides is 2. The highest BCUT2D eigenvalue weighted by Gasteiger charge is 2.38. The second kappa shape index (κ2) is 11.4. The van der Waals surface area contributed by atoms with Crippen LogP contribution in [0.15, 0.2) is 77.3 Å². The largest absolute Gasteiger partial charge is 0.347 e. The van der Waals surface area contributed by atoms with E-state index >= 15 is 0 Å². The Morgan fingerprint density at radius 3 is 2.47 bits per heavy atom. The summed E-state index contributed by atoms with van der Waals surface area (Å²) in [6.45, 7) is 4.60. The molecule has 2 heterocycles. The van der Waals surface area contributed by atoms with Crippen LogP contribution in [0.4, 0.5) is 4.39 Å². The summed E-state index contributed by atoms with van der Waals surface area (Å²) < 4.78 is 14.9. The third-order valence-corrected chi connectivity index (χ3v) is 8.69. The van der Waals surface area contributed by atoms with Gasteiger partial charge in [-0.05, 0) is 82.6 Å². The summed E-state index contributed by atoms with van der Waals surface area (Å²) in [6, 6.07) is 22.6. The molecule has 2 aliphatic rings. The average molecular weight is 579 g/mol. The number of likely N-dealkylation sites (tertiary alicyclic amines) is 1. The van der Waals surface area contributed by atoms with Gasteiger partial charge in [-0.15, -0.1) is 0 Å². The van der Waals surface area contributed by atoms with E-state index in [-0.39, 0.29) is 23.7 Å². The number of carbonyl (C=O) groups excluding carboxylic acids is 2. The molecule has 1 N–H and O–H groups in total. The number of halogens is 2. The van der Waals surface area contributed by atoms with Crippen molar-refractivity contribution >= 4 is 27.7 Å². The lowest BCUT2D eigenvalue weighted by Crippen LogP contribution is -2.53. The minimum absolute atomic E-state index is 0.00944. The molecular formula is C31H33BrFN3O2. The second-order valence-electron chi connectivity index (χ2n) is 10.3. The summed E-state index contributed by atoms with van der Waals surface area (Å²) in [6.07, 6.45) is 3.08. The molecule has 0 saturated carbocycles. The smallest absolute Gasteiger partial charge is 0.255 e. The number of rotatable bonds is 6. The average Bonchev–Trinajstić information content (AvgIpc) is 2.92. The molecule has 5 rings (SSSR count). The van der Waals surface area contributed by atoms with Crippen LogP contribution in [0.2, 0.25) is 0 Å². The first-order valence-electron chi connectivity index (χ1n) is 13.3. The van der Waals surface area contributed by atoms with Gasteiger partial charge in [0.2, 0.25) is 5.91 Å². The van der Waals surface area contributed by atoms with Crippen LogP contribution in [0.1, 0.15) is 59.3 Å². The number of benzene rings is 3. The van der Waals surface area contributed by atoms with Crippen LogP contribution in [0, 0.1) is 5.82 Å². The predicted octanol–water partition coefficient (Wildman–Crippen LogP) is 5.85. The Bertz CT molecular complexity index is 1320. The number of nitrogens with zero attached hydrogens (tertiary/aromatic N) is 2. The fourth-order valence-electron chi connectivity index (χ4n) is 6.07. The number of nitrogens with one attached hydrogen (secondary N) is 1. The molecule has 1 saturated heterocycles. The fraction of sp³-hybridized carbons (Fsp3) is 0.355. The van der Waals surface area contributed by atoms with Crippen LogP contribution < -0.4 is 5.32 Å². The molecule has 5 nitrogen and oxygen atoms in total. The van der Waals surface area contributed by atoms with Gasteiger partial charge in [-0.1, -0.05) is 48.5 Å². The minimum Gasteiger partial charge on any atom is -0.347 e. The van der Waals surface area contributed by atoms with Crippen molar-refractivity contribution in [1.82, 2.24) is 15.1 Å². The Morgan fingerprint density at radius 1 is 1.00 bits per heavy atom. The van der Waals surface area contributed by atoms with Gasteiger partial charge < -0.3 is 15.1 Å². The van der Waals surface area contributed by atoms with E-state index in [2.05, 4.69) is 50.4 Å². The van der Waals surface area contributed by atoms with Crippen LogP contribution in [-0.2, 0) is 16.8 Å². The zero-order valence-electron chi connectivity index (χ0n) is 21.6. The molecule has 1 fully saturated rings. The van der Waals surface area contributed by atoms with E-state index in [4.69, 9.17) is 0 Å². The van der Waals surface area contributed by atoms with Crippen molar-refractivity contribution in [3.8, 4) is 0 Å². The monoisotopic (exact) mass is 577 g/mol. The molecule has 0 bridgehead atoms. The molecule has 3 aromatic rings. The third-order valence-electron chi connectivity index (χ3n) is 8.00. The molecule has 0 spiro atoms. The normalized spacial score (nSPS) is 19.0. The SMILES string of the molecule is CC(=O)NC1(c2cccc(F)c2)CCN(CCC2c3ccccc3CCN2C(=O)c2ccccc2Br)CC1. The number of piperidine rings is 1. The molecule has 0 aliphatic carbocycles. The molecule has 38 heavy (non-hydrogen) atoms. The Hall–Kier alpha value is -3.03. The van der Waals surface area contributed by atoms with Gasteiger partial charge in [0.15, 0.2) is 0 Å². The third kappa shape index (κ3) is 5.54. The first kappa shape index (κ1) is 26.6. The highest BCUT2D eigenvalue weighted by atomic mass is 79.9. The van der Waals surface area contributed by atoms with Crippen molar-refractivity contribution in [2.75, 3.05) is 26.2 Å².